The van der Waals surface area contributed by atoms with E-state index in [-0.39, 0.29) is 0 Å². The number of furan rings is 1. The van der Waals surface area contributed by atoms with E-state index in [1.807, 2.05) is 0 Å². The normalized spacial score (nSPS) is 13.5. The van der Waals surface area contributed by atoms with Crippen LogP contribution in [0.25, 0.3) is 43.7 Å². The van der Waals surface area contributed by atoms with Crippen molar-refractivity contribution in [3.8, 4) is 0 Å². The third-order valence-electron chi connectivity index (χ3n) is 5.64. The minimum Gasteiger partial charge on any atom is -0.449 e. The summed E-state index contributed by atoms with van der Waals surface area (Å²) in [6, 6.07) is 11.1. The Bertz CT molecular complexity index is 1350. The first-order chi connectivity index (χ1) is 11.6. The SMILES string of the molecule is Cc1cc2cc(C)n3c2c2c1ccc1oc4c(C)cc[n+](c4c12)C3. The molecule has 0 bridgehead atoms. The molecule has 3 nitrogen and oxygen atoms in total. The summed E-state index contributed by atoms with van der Waals surface area (Å²) >= 11 is 0. The van der Waals surface area contributed by atoms with Crippen molar-refractivity contribution >= 4 is 43.7 Å². The van der Waals surface area contributed by atoms with Crippen LogP contribution in [0.3, 0.4) is 0 Å². The molecule has 0 fully saturated rings. The number of rotatable bonds is 0. The minimum atomic E-state index is 0.827. The average molecular weight is 313 g/mol. The van der Waals surface area contributed by atoms with Crippen LogP contribution in [0.15, 0.2) is 40.9 Å². The Morgan fingerprint density at radius 2 is 1.88 bits per heavy atom. The highest BCUT2D eigenvalue weighted by atomic mass is 16.3. The van der Waals surface area contributed by atoms with Gasteiger partial charge in [0.15, 0.2) is 6.20 Å². The fourth-order valence-electron chi connectivity index (χ4n) is 4.50. The van der Waals surface area contributed by atoms with E-state index in [0.717, 1.165) is 17.8 Å². The number of nitrogens with zero attached hydrogens (tertiary/aromatic N) is 2. The molecule has 0 aliphatic carbocycles. The average Bonchev–Trinajstić information content (AvgIpc) is 3.03. The molecule has 0 saturated carbocycles. The molecule has 0 spiro atoms. The second-order valence-corrected chi connectivity index (χ2v) is 7.10. The molecule has 3 heteroatoms. The predicted octanol–water partition coefficient (Wildman–Crippen LogP) is 4.73. The number of hydrogen-bond donors (Lipinski definition) is 0. The van der Waals surface area contributed by atoms with E-state index in [2.05, 4.69) is 66.4 Å². The van der Waals surface area contributed by atoms with Gasteiger partial charge in [-0.05, 0) is 49.9 Å². The van der Waals surface area contributed by atoms with Gasteiger partial charge in [0, 0.05) is 28.1 Å². The lowest BCUT2D eigenvalue weighted by Crippen LogP contribution is -2.37. The van der Waals surface area contributed by atoms with Gasteiger partial charge in [0.25, 0.3) is 5.52 Å². The maximum atomic E-state index is 6.27. The highest BCUT2D eigenvalue weighted by Gasteiger charge is 2.28. The molecule has 0 amide bonds. The van der Waals surface area contributed by atoms with Crippen molar-refractivity contribution in [3.05, 3.63) is 53.3 Å². The fourth-order valence-corrected chi connectivity index (χ4v) is 4.50. The Balaban J connectivity index is 2.09. The zero-order chi connectivity index (χ0) is 16.2. The topological polar surface area (TPSA) is 21.9 Å². The van der Waals surface area contributed by atoms with Crippen molar-refractivity contribution in [3.63, 3.8) is 0 Å². The van der Waals surface area contributed by atoms with Gasteiger partial charge >= 0.3 is 0 Å². The Morgan fingerprint density at radius 1 is 1.00 bits per heavy atom. The zero-order valence-electron chi connectivity index (χ0n) is 14.0. The van der Waals surface area contributed by atoms with Gasteiger partial charge in [-0.2, -0.15) is 4.57 Å². The summed E-state index contributed by atoms with van der Waals surface area (Å²) in [5.41, 5.74) is 8.38. The second kappa shape index (κ2) is 3.81. The number of aryl methyl sites for hydroxylation is 3. The van der Waals surface area contributed by atoms with Crippen LogP contribution in [0.2, 0.25) is 0 Å². The highest BCUT2D eigenvalue weighted by molar-refractivity contribution is 6.25. The van der Waals surface area contributed by atoms with E-state index in [1.165, 1.54) is 49.4 Å². The summed E-state index contributed by atoms with van der Waals surface area (Å²) in [6.07, 6.45) is 2.19. The van der Waals surface area contributed by atoms with Gasteiger partial charge in [-0.15, -0.1) is 0 Å². The lowest BCUT2D eigenvalue weighted by molar-refractivity contribution is -0.674. The second-order valence-electron chi connectivity index (χ2n) is 7.10. The third kappa shape index (κ3) is 1.25. The van der Waals surface area contributed by atoms with Crippen LogP contribution in [0.1, 0.15) is 16.8 Å². The lowest BCUT2D eigenvalue weighted by atomic mass is 9.99. The van der Waals surface area contributed by atoms with Gasteiger partial charge in [0.2, 0.25) is 12.3 Å². The first-order valence-corrected chi connectivity index (χ1v) is 8.41. The lowest BCUT2D eigenvalue weighted by Gasteiger charge is -2.07. The van der Waals surface area contributed by atoms with Crippen LogP contribution < -0.4 is 4.57 Å². The summed E-state index contributed by atoms with van der Waals surface area (Å²) in [5.74, 6) is 0. The molecule has 0 N–H and O–H groups in total. The van der Waals surface area contributed by atoms with E-state index in [9.17, 15) is 0 Å². The van der Waals surface area contributed by atoms with Crippen LogP contribution in [-0.2, 0) is 6.67 Å². The maximum absolute atomic E-state index is 6.27. The van der Waals surface area contributed by atoms with Gasteiger partial charge in [-0.1, -0.05) is 6.07 Å². The molecular formula is C21H17N2O+. The molecule has 1 aliphatic heterocycles. The van der Waals surface area contributed by atoms with Crippen LogP contribution >= 0.6 is 0 Å². The van der Waals surface area contributed by atoms with Crippen molar-refractivity contribution in [1.82, 2.24) is 4.57 Å². The molecule has 0 saturated heterocycles. The number of benzene rings is 2. The van der Waals surface area contributed by atoms with Crippen molar-refractivity contribution in [2.24, 2.45) is 0 Å². The third-order valence-corrected chi connectivity index (χ3v) is 5.64. The van der Waals surface area contributed by atoms with Gasteiger partial charge < -0.3 is 4.42 Å². The van der Waals surface area contributed by atoms with Gasteiger partial charge in [-0.25, -0.2) is 0 Å². The monoisotopic (exact) mass is 313 g/mol. The summed E-state index contributed by atoms with van der Waals surface area (Å²) in [6.45, 7) is 7.36. The predicted molar refractivity (Wildman–Crippen MR) is 96.5 cm³/mol. The number of aromatic nitrogens is 2. The van der Waals surface area contributed by atoms with Gasteiger partial charge in [-0.3, -0.25) is 4.57 Å². The van der Waals surface area contributed by atoms with Crippen LogP contribution in [0, 0.1) is 20.8 Å². The van der Waals surface area contributed by atoms with E-state index in [4.69, 9.17) is 4.42 Å². The van der Waals surface area contributed by atoms with Crippen molar-refractivity contribution in [1.29, 1.82) is 0 Å². The van der Waals surface area contributed by atoms with Gasteiger partial charge in [0.05, 0.1) is 5.52 Å². The maximum Gasteiger partial charge on any atom is 0.261 e. The Kier molecular flexibility index (Phi) is 2.00. The van der Waals surface area contributed by atoms with Crippen molar-refractivity contribution < 1.29 is 8.98 Å². The Morgan fingerprint density at radius 3 is 2.75 bits per heavy atom. The molecule has 5 aromatic rings. The molecule has 3 aromatic heterocycles. The summed E-state index contributed by atoms with van der Waals surface area (Å²) < 4.78 is 11.0. The number of pyridine rings is 1. The van der Waals surface area contributed by atoms with Crippen LogP contribution in [0.4, 0.5) is 0 Å². The van der Waals surface area contributed by atoms with E-state index < -0.39 is 0 Å². The molecule has 2 aromatic carbocycles. The molecule has 116 valence electrons. The largest absolute Gasteiger partial charge is 0.449 e. The van der Waals surface area contributed by atoms with E-state index >= 15 is 0 Å². The molecule has 0 atom stereocenters. The molecule has 0 unspecified atom stereocenters. The molecule has 24 heavy (non-hydrogen) atoms. The molecule has 0 radical (unpaired) electrons. The van der Waals surface area contributed by atoms with Crippen LogP contribution in [-0.4, -0.2) is 4.57 Å². The summed E-state index contributed by atoms with van der Waals surface area (Å²) in [4.78, 5) is 0. The van der Waals surface area contributed by atoms with Gasteiger partial charge in [0.1, 0.15) is 11.0 Å². The van der Waals surface area contributed by atoms with Crippen molar-refractivity contribution in [2.45, 2.75) is 27.4 Å². The highest BCUT2D eigenvalue weighted by Crippen LogP contribution is 2.41. The smallest absolute Gasteiger partial charge is 0.261 e. The summed E-state index contributed by atoms with van der Waals surface area (Å²) in [5, 5.41) is 5.25. The number of hydrogen-bond acceptors (Lipinski definition) is 1. The minimum absolute atomic E-state index is 0.827. The van der Waals surface area contributed by atoms with E-state index in [0.29, 0.717) is 0 Å². The standard InChI is InChI=1S/C21H17N2O/c1-11-6-7-22-10-23-13(3)9-14-8-12(2)15-4-5-16-18(17(15)19(14)23)20(22)21(11)24-16/h4-9H,10H2,1-3H3/q+1. The van der Waals surface area contributed by atoms with Crippen molar-refractivity contribution in [2.75, 3.05) is 0 Å². The zero-order valence-corrected chi connectivity index (χ0v) is 14.0. The molecule has 6 rings (SSSR count). The quantitative estimate of drug-likeness (QED) is 0.372. The Hall–Kier alpha value is -2.81. The molecule has 1 aliphatic rings. The first kappa shape index (κ1) is 12.6. The van der Waals surface area contributed by atoms with Crippen LogP contribution in [0.5, 0.6) is 0 Å². The molecular weight excluding hydrogens is 296 g/mol. The first-order valence-electron chi connectivity index (χ1n) is 8.41. The fraction of sp³-hybridized carbons (Fsp3) is 0.190. The summed E-state index contributed by atoms with van der Waals surface area (Å²) in [7, 11) is 0. The molecule has 4 heterocycles. The van der Waals surface area contributed by atoms with E-state index in [1.54, 1.807) is 0 Å². The Labute approximate surface area is 138 Å².